The van der Waals surface area contributed by atoms with Crippen LogP contribution in [0.2, 0.25) is 0 Å². The second-order valence-electron chi connectivity index (χ2n) is 2.63. The summed E-state index contributed by atoms with van der Waals surface area (Å²) in [5.74, 6) is 0.0119. The highest BCUT2D eigenvalue weighted by Crippen LogP contribution is 2.27. The number of alkyl halides is 4. The SMILES string of the molecule is FCCc1cccc(OC(F)(F)Br)c1. The number of ether oxygens (including phenoxy) is 1. The Morgan fingerprint density at radius 2 is 2.07 bits per heavy atom. The molecule has 0 aliphatic heterocycles. The summed E-state index contributed by atoms with van der Waals surface area (Å²) in [6, 6.07) is 5.96. The van der Waals surface area contributed by atoms with Gasteiger partial charge in [-0.25, -0.2) is 0 Å². The lowest BCUT2D eigenvalue weighted by Gasteiger charge is -2.11. The van der Waals surface area contributed by atoms with E-state index in [0.29, 0.717) is 5.56 Å². The van der Waals surface area contributed by atoms with E-state index >= 15 is 0 Å². The first kappa shape index (κ1) is 11.4. The van der Waals surface area contributed by atoms with Crippen molar-refractivity contribution >= 4 is 15.9 Å². The summed E-state index contributed by atoms with van der Waals surface area (Å²) >= 11 is 2.05. The predicted octanol–water partition coefficient (Wildman–Crippen LogP) is 3.52. The van der Waals surface area contributed by atoms with Gasteiger partial charge in [-0.1, -0.05) is 12.1 Å². The van der Waals surface area contributed by atoms with Gasteiger partial charge in [-0.15, -0.1) is 0 Å². The van der Waals surface area contributed by atoms with Crippen molar-refractivity contribution < 1.29 is 17.9 Å². The first-order chi connectivity index (χ1) is 6.51. The molecule has 0 saturated carbocycles. The van der Waals surface area contributed by atoms with Crippen molar-refractivity contribution in [3.63, 3.8) is 0 Å². The lowest BCUT2D eigenvalue weighted by molar-refractivity contribution is -0.0803. The van der Waals surface area contributed by atoms with Crippen LogP contribution in [0.15, 0.2) is 24.3 Å². The van der Waals surface area contributed by atoms with Gasteiger partial charge in [-0.2, -0.15) is 8.78 Å². The summed E-state index contributed by atoms with van der Waals surface area (Å²) < 4.78 is 40.9. The highest BCUT2D eigenvalue weighted by Gasteiger charge is 2.26. The van der Waals surface area contributed by atoms with Gasteiger partial charge in [-0.05, 0) is 17.7 Å². The monoisotopic (exact) mass is 268 g/mol. The second kappa shape index (κ2) is 4.68. The number of aryl methyl sites for hydroxylation is 1. The zero-order valence-corrected chi connectivity index (χ0v) is 8.73. The van der Waals surface area contributed by atoms with Crippen molar-refractivity contribution in [2.45, 2.75) is 11.4 Å². The molecular formula is C9H8BrF3O. The topological polar surface area (TPSA) is 9.23 Å². The first-order valence-corrected chi connectivity index (χ1v) is 4.71. The lowest BCUT2D eigenvalue weighted by Crippen LogP contribution is -2.14. The van der Waals surface area contributed by atoms with E-state index in [1.54, 1.807) is 12.1 Å². The third kappa shape index (κ3) is 4.00. The van der Waals surface area contributed by atoms with Crippen LogP contribution in [0.4, 0.5) is 13.2 Å². The Labute approximate surface area is 88.0 Å². The first-order valence-electron chi connectivity index (χ1n) is 3.92. The van der Waals surface area contributed by atoms with Gasteiger partial charge in [0.05, 0.1) is 6.67 Å². The fraction of sp³-hybridized carbons (Fsp3) is 0.333. The molecule has 1 nitrogen and oxygen atoms in total. The quantitative estimate of drug-likeness (QED) is 0.760. The Hall–Kier alpha value is -0.710. The van der Waals surface area contributed by atoms with Crippen LogP contribution in [0.3, 0.4) is 0 Å². The van der Waals surface area contributed by atoms with E-state index in [2.05, 4.69) is 4.74 Å². The summed E-state index contributed by atoms with van der Waals surface area (Å²) in [5.41, 5.74) is 0.627. The summed E-state index contributed by atoms with van der Waals surface area (Å²) in [6.07, 6.45) is 0.199. The Bertz CT molecular complexity index is 298. The van der Waals surface area contributed by atoms with E-state index in [0.717, 1.165) is 0 Å². The molecule has 14 heavy (non-hydrogen) atoms. The van der Waals surface area contributed by atoms with Crippen LogP contribution in [0.1, 0.15) is 5.56 Å². The van der Waals surface area contributed by atoms with Crippen molar-refractivity contribution in [2.24, 2.45) is 0 Å². The fourth-order valence-electron chi connectivity index (χ4n) is 1.01. The van der Waals surface area contributed by atoms with Gasteiger partial charge >= 0.3 is 5.02 Å². The number of hydrogen-bond donors (Lipinski definition) is 0. The predicted molar refractivity (Wildman–Crippen MR) is 50.6 cm³/mol. The smallest absolute Gasteiger partial charge is 0.424 e. The van der Waals surface area contributed by atoms with Gasteiger partial charge in [0.1, 0.15) is 5.75 Å². The van der Waals surface area contributed by atoms with E-state index in [1.807, 2.05) is 15.9 Å². The van der Waals surface area contributed by atoms with E-state index < -0.39 is 11.7 Å². The molecule has 0 radical (unpaired) electrons. The molecule has 0 bridgehead atoms. The highest BCUT2D eigenvalue weighted by molar-refractivity contribution is 9.09. The third-order valence-corrected chi connectivity index (χ3v) is 1.68. The maximum absolute atomic E-state index is 12.3. The molecule has 0 aromatic heterocycles. The molecule has 0 aliphatic rings. The largest absolute Gasteiger partial charge is 0.459 e. The zero-order valence-electron chi connectivity index (χ0n) is 7.14. The number of benzene rings is 1. The molecule has 0 saturated heterocycles. The number of hydrogen-bond acceptors (Lipinski definition) is 1. The molecule has 0 spiro atoms. The van der Waals surface area contributed by atoms with Crippen molar-refractivity contribution in [3.8, 4) is 5.75 Å². The third-order valence-electron chi connectivity index (χ3n) is 1.52. The molecule has 78 valence electrons. The van der Waals surface area contributed by atoms with Crippen molar-refractivity contribution in [1.82, 2.24) is 0 Å². The van der Waals surface area contributed by atoms with E-state index in [4.69, 9.17) is 0 Å². The molecule has 0 atom stereocenters. The van der Waals surface area contributed by atoms with Crippen LogP contribution in [0.5, 0.6) is 5.75 Å². The molecular weight excluding hydrogens is 261 g/mol. The van der Waals surface area contributed by atoms with Crippen molar-refractivity contribution in [1.29, 1.82) is 0 Å². The van der Waals surface area contributed by atoms with Gasteiger partial charge in [0.2, 0.25) is 0 Å². The standard InChI is InChI=1S/C9H8BrF3O/c10-9(12,13)14-8-3-1-2-7(6-8)4-5-11/h1-3,6H,4-5H2. The van der Waals surface area contributed by atoms with Gasteiger partial charge < -0.3 is 4.74 Å². The van der Waals surface area contributed by atoms with Gasteiger partial charge in [0.25, 0.3) is 0 Å². The van der Waals surface area contributed by atoms with Crippen molar-refractivity contribution in [3.05, 3.63) is 29.8 Å². The summed E-state index contributed by atoms with van der Waals surface area (Å²) in [6.45, 7) is -0.520. The minimum atomic E-state index is -3.39. The molecule has 1 aromatic carbocycles. The van der Waals surface area contributed by atoms with Crippen LogP contribution in [-0.2, 0) is 6.42 Å². The van der Waals surface area contributed by atoms with Crippen molar-refractivity contribution in [2.75, 3.05) is 6.67 Å². The van der Waals surface area contributed by atoms with Crippen LogP contribution in [0.25, 0.3) is 0 Å². The van der Waals surface area contributed by atoms with Gasteiger partial charge in [0, 0.05) is 22.4 Å². The maximum Gasteiger partial charge on any atom is 0.459 e. The molecule has 0 fully saturated rings. The molecule has 0 aliphatic carbocycles. The number of halogens is 4. The van der Waals surface area contributed by atoms with Crippen LogP contribution in [0, 0.1) is 0 Å². The summed E-state index contributed by atoms with van der Waals surface area (Å²) in [4.78, 5) is 0. The second-order valence-corrected chi connectivity index (χ2v) is 3.56. The van der Waals surface area contributed by atoms with Gasteiger partial charge in [0.15, 0.2) is 0 Å². The molecule has 0 amide bonds. The Morgan fingerprint density at radius 1 is 1.36 bits per heavy atom. The fourth-order valence-corrected chi connectivity index (χ4v) is 1.19. The normalized spacial score (nSPS) is 11.4. The van der Waals surface area contributed by atoms with Crippen LogP contribution >= 0.6 is 15.9 Å². The zero-order chi connectivity index (χ0) is 10.6. The molecule has 0 unspecified atom stereocenters. The molecule has 5 heteroatoms. The Morgan fingerprint density at radius 3 is 2.64 bits per heavy atom. The average Bonchev–Trinajstić information content (AvgIpc) is 2.02. The molecule has 1 aromatic rings. The number of rotatable bonds is 4. The van der Waals surface area contributed by atoms with E-state index in [1.165, 1.54) is 12.1 Å². The molecule has 1 rings (SSSR count). The van der Waals surface area contributed by atoms with Crippen LogP contribution < -0.4 is 4.74 Å². The lowest BCUT2D eigenvalue weighted by atomic mass is 10.1. The van der Waals surface area contributed by atoms with E-state index in [-0.39, 0.29) is 12.2 Å². The summed E-state index contributed by atoms with van der Waals surface area (Å²) in [5, 5.41) is -3.39. The Balaban J connectivity index is 2.73. The molecule has 0 heterocycles. The minimum absolute atomic E-state index is 0.0119. The average molecular weight is 269 g/mol. The molecule has 0 N–H and O–H groups in total. The van der Waals surface area contributed by atoms with Crippen LogP contribution in [-0.4, -0.2) is 11.7 Å². The van der Waals surface area contributed by atoms with Gasteiger partial charge in [-0.3, -0.25) is 4.39 Å². The minimum Gasteiger partial charge on any atom is -0.424 e. The summed E-state index contributed by atoms with van der Waals surface area (Å²) in [7, 11) is 0. The Kier molecular flexibility index (Phi) is 3.80. The van der Waals surface area contributed by atoms with E-state index in [9.17, 15) is 13.2 Å². The maximum atomic E-state index is 12.3. The highest BCUT2D eigenvalue weighted by atomic mass is 79.9.